The molecule has 0 aliphatic carbocycles. The van der Waals surface area contributed by atoms with E-state index in [9.17, 15) is 97.2 Å². The SMILES string of the molecule is CCC(C(=O)Nc1cc(O)c(NC(=O)c2ccc(Cl)c(Cl)c2)cc1Cl)S(=O)(=O)c1cccc(C)c1.CCC(C(=O)Nc1cc(O)c(NC(=O)c2ccc(OC(C)=O)cc2)cc1Cl)S(=O)(=O)c1cccc(C)c1.CCC(C(=O)Nc1ccc(NC(=O)c2cccc(C)c2)c(O)c1)S(=O)(=O)c1cccc(C)c1.CCC(C(=O)Nc1ccc(NC(=O)c2cccc(C)c2)c(O)c1)S(=O)(=O)c1cccc(C)c1. The van der Waals surface area contributed by atoms with E-state index in [0.717, 1.165) is 45.5 Å². The Morgan fingerprint density at radius 3 is 0.841 bits per heavy atom. The van der Waals surface area contributed by atoms with Crippen LogP contribution in [-0.4, -0.2) is 128 Å². The van der Waals surface area contributed by atoms with Gasteiger partial charge in [-0.1, -0.05) is 158 Å². The highest BCUT2D eigenvalue weighted by Gasteiger charge is 2.38. The lowest BCUT2D eigenvalue weighted by Gasteiger charge is -2.18. The average molecular weight is 2030 g/mol. The highest BCUT2D eigenvalue weighted by molar-refractivity contribution is 7.93. The molecule has 0 heterocycles. The van der Waals surface area contributed by atoms with E-state index >= 15 is 0 Å². The van der Waals surface area contributed by atoms with Crippen molar-refractivity contribution in [2.45, 2.75) is 142 Å². The van der Waals surface area contributed by atoms with Gasteiger partial charge in [0, 0.05) is 64.8 Å². The van der Waals surface area contributed by atoms with Gasteiger partial charge in [0.15, 0.2) is 39.3 Å². The van der Waals surface area contributed by atoms with Crippen molar-refractivity contribution in [1.82, 2.24) is 0 Å². The van der Waals surface area contributed by atoms with E-state index in [0.29, 0.717) is 11.1 Å². The quantitative estimate of drug-likeness (QED) is 0.0118. The van der Waals surface area contributed by atoms with Gasteiger partial charge in [-0.15, -0.1) is 0 Å². The normalized spacial score (nSPS) is 12.1. The van der Waals surface area contributed by atoms with Crippen molar-refractivity contribution in [3.8, 4) is 28.7 Å². The second-order valence-electron chi connectivity index (χ2n) is 31.5. The number of amides is 8. The van der Waals surface area contributed by atoms with Gasteiger partial charge < -0.3 is 67.7 Å². The van der Waals surface area contributed by atoms with Crippen LogP contribution in [0.4, 0.5) is 45.5 Å². The number of hydrogen-bond acceptors (Lipinski definition) is 22. The van der Waals surface area contributed by atoms with Gasteiger partial charge in [0.05, 0.1) is 73.8 Å². The number of hydrogen-bond donors (Lipinski definition) is 12. The molecule has 12 aromatic carbocycles. The van der Waals surface area contributed by atoms with Crippen LogP contribution in [0.15, 0.2) is 268 Å². The Labute approximate surface area is 818 Å². The van der Waals surface area contributed by atoms with E-state index in [1.165, 1.54) is 146 Å². The first-order chi connectivity index (χ1) is 65.1. The molecule has 30 nitrogen and oxygen atoms in total. The Morgan fingerprint density at radius 1 is 0.275 bits per heavy atom. The third kappa shape index (κ3) is 28.4. The molecule has 0 aromatic heterocycles. The third-order valence-corrected chi connectivity index (χ3v) is 30.9. The van der Waals surface area contributed by atoms with Crippen LogP contribution in [0.2, 0.25) is 20.1 Å². The fraction of sp³-hybridized carbons (Fsp3) is 0.190. The van der Waals surface area contributed by atoms with E-state index in [2.05, 4.69) is 42.5 Å². The van der Waals surface area contributed by atoms with Crippen molar-refractivity contribution in [3.05, 3.63) is 324 Å². The number of aryl methyl sites for hydroxylation is 6. The number of carbonyl (C=O) groups is 9. The summed E-state index contributed by atoms with van der Waals surface area (Å²) in [6.07, 6.45) is 0.192. The molecule has 8 amide bonds. The minimum absolute atomic E-state index is 0.0100. The first-order valence-electron chi connectivity index (χ1n) is 42.4. The van der Waals surface area contributed by atoms with Gasteiger partial charge in [-0.3, -0.25) is 43.2 Å². The number of anilines is 8. The zero-order chi connectivity index (χ0) is 102. The van der Waals surface area contributed by atoms with E-state index in [1.54, 1.807) is 140 Å². The number of nitrogens with one attached hydrogen (secondary N) is 8. The van der Waals surface area contributed by atoms with Crippen LogP contribution in [0.3, 0.4) is 0 Å². The van der Waals surface area contributed by atoms with Crippen LogP contribution < -0.4 is 47.3 Å². The van der Waals surface area contributed by atoms with Gasteiger partial charge in [0.1, 0.15) is 49.7 Å². The summed E-state index contributed by atoms with van der Waals surface area (Å²) in [6, 6.07) is 62.5. The lowest BCUT2D eigenvalue weighted by molar-refractivity contribution is -0.132. The lowest BCUT2D eigenvalue weighted by Crippen LogP contribution is -2.34. The molecule has 12 rings (SSSR count). The van der Waals surface area contributed by atoms with Crippen LogP contribution in [0.5, 0.6) is 28.7 Å². The second-order valence-corrected chi connectivity index (χ2v) is 41.6. The number of aromatic hydroxyl groups is 4. The number of halogens is 4. The molecule has 722 valence electrons. The number of carbonyl (C=O) groups excluding carboxylic acids is 9. The summed E-state index contributed by atoms with van der Waals surface area (Å²) in [5, 5.41) is 56.8. The minimum atomic E-state index is -3.98. The van der Waals surface area contributed by atoms with Gasteiger partial charge in [0.25, 0.3) is 23.6 Å². The molecule has 138 heavy (non-hydrogen) atoms. The summed E-state index contributed by atoms with van der Waals surface area (Å²) >= 11 is 24.3. The van der Waals surface area contributed by atoms with Gasteiger partial charge >= 0.3 is 5.97 Å². The average Bonchev–Trinajstić information content (AvgIpc) is 0.801. The Balaban J connectivity index is 0.000000206. The molecular formula is C100H98Cl4N8O22S4. The maximum atomic E-state index is 13.1. The number of esters is 1. The van der Waals surface area contributed by atoms with Gasteiger partial charge in [0.2, 0.25) is 23.6 Å². The van der Waals surface area contributed by atoms with Crippen molar-refractivity contribution in [3.63, 3.8) is 0 Å². The van der Waals surface area contributed by atoms with E-state index in [-0.39, 0.29) is 151 Å². The van der Waals surface area contributed by atoms with Crippen molar-refractivity contribution in [2.24, 2.45) is 0 Å². The molecule has 0 saturated carbocycles. The summed E-state index contributed by atoms with van der Waals surface area (Å²) in [4.78, 5) is 113. The summed E-state index contributed by atoms with van der Waals surface area (Å²) in [5.74, 6) is -6.50. The predicted octanol–water partition coefficient (Wildman–Crippen LogP) is 19.7. The Bertz CT molecular complexity index is 6950. The van der Waals surface area contributed by atoms with Gasteiger partial charge in [-0.2, -0.15) is 0 Å². The molecule has 0 fully saturated rings. The fourth-order valence-corrected chi connectivity index (χ4v) is 21.3. The zero-order valence-electron chi connectivity index (χ0n) is 76.1. The highest BCUT2D eigenvalue weighted by atomic mass is 35.5. The maximum Gasteiger partial charge on any atom is 0.308 e. The Morgan fingerprint density at radius 2 is 0.551 bits per heavy atom. The van der Waals surface area contributed by atoms with E-state index in [1.807, 2.05) is 26.0 Å². The molecule has 4 unspecified atom stereocenters. The second kappa shape index (κ2) is 47.7. The number of phenolic OH excluding ortho intramolecular Hbond substituents is 4. The molecule has 12 aromatic rings. The van der Waals surface area contributed by atoms with Gasteiger partial charge in [-0.25, -0.2) is 33.7 Å². The van der Waals surface area contributed by atoms with Crippen molar-refractivity contribution in [1.29, 1.82) is 0 Å². The summed E-state index contributed by atoms with van der Waals surface area (Å²) < 4.78 is 109. The van der Waals surface area contributed by atoms with E-state index < -0.39 is 113 Å². The Hall–Kier alpha value is -14.0. The van der Waals surface area contributed by atoms with Crippen molar-refractivity contribution in [2.75, 3.05) is 42.5 Å². The van der Waals surface area contributed by atoms with Crippen LogP contribution in [0, 0.1) is 41.5 Å². The summed E-state index contributed by atoms with van der Waals surface area (Å²) in [5.41, 5.74) is 6.85. The van der Waals surface area contributed by atoms with Crippen molar-refractivity contribution >= 4 is 184 Å². The Kier molecular flexibility index (Phi) is 37.2. The third-order valence-electron chi connectivity index (χ3n) is 20.8. The fourth-order valence-electron chi connectivity index (χ4n) is 13.7. The number of phenols is 4. The largest absolute Gasteiger partial charge is 0.506 e. The first-order valence-corrected chi connectivity index (χ1v) is 50.1. The first kappa shape index (κ1) is 108. The van der Waals surface area contributed by atoms with Crippen molar-refractivity contribution < 1.29 is 102 Å². The molecule has 38 heteroatoms. The monoisotopic (exact) mass is 2030 g/mol. The smallest absolute Gasteiger partial charge is 0.308 e. The minimum Gasteiger partial charge on any atom is -0.506 e. The molecule has 0 bridgehead atoms. The molecule has 0 aliphatic heterocycles. The molecule has 0 aliphatic rings. The maximum absolute atomic E-state index is 13.1. The zero-order valence-corrected chi connectivity index (χ0v) is 82.4. The molecule has 12 N–H and O–H groups in total. The number of benzene rings is 12. The molecule has 0 spiro atoms. The highest BCUT2D eigenvalue weighted by Crippen LogP contribution is 2.39. The van der Waals surface area contributed by atoms with Gasteiger partial charge in [-0.05, 0) is 241 Å². The lowest BCUT2D eigenvalue weighted by atomic mass is 10.1. The number of sulfone groups is 4. The van der Waals surface area contributed by atoms with E-state index in [4.69, 9.17) is 51.1 Å². The molecule has 0 saturated heterocycles. The summed E-state index contributed by atoms with van der Waals surface area (Å²) in [7, 11) is -15.7. The van der Waals surface area contributed by atoms with Crippen LogP contribution in [-0.2, 0) is 63.3 Å². The number of rotatable bonds is 29. The van der Waals surface area contributed by atoms with Crippen LogP contribution >= 0.6 is 46.4 Å². The van der Waals surface area contributed by atoms with Crippen LogP contribution in [0.1, 0.15) is 135 Å². The molecule has 0 radical (unpaired) electrons. The standard InChI is InChI=1S/C26H25ClN2O7S.2C25H26N2O5S.C24H21Cl3N2O5S/c1-4-24(37(34,35)19-7-5-6-15(2)12-19)26(33)28-21-14-23(31)22(13-20(21)27)29-25(32)17-8-10-18(11-9-17)36-16(3)30;2*1-4-23(33(31,32)20-10-6-8-17(3)14-20)25(30)26-19-11-12-21(22(28)15-19)27-24(29)18-9-5-7-16(2)13-18;1-3-22(35(33,34)15-6-4-5-13(2)9-15)24(32)28-19-12-21(30)20(11-18(19)27)29-23(31)14-7-8-16(25)17(26)10-14/h5-14,24,31H,4H2,1-3H3,(H,28,33)(H,29,32);2*5-15,23,28H,4H2,1-3H3,(H,26,30)(H,27,29);4-12,22,30H,3H2,1-2H3,(H,28,32)(H,29,31). The number of ether oxygens (including phenoxy) is 1. The summed E-state index contributed by atoms with van der Waals surface area (Å²) in [6.45, 7) is 18.5. The van der Waals surface area contributed by atoms with Crippen LogP contribution in [0.25, 0.3) is 0 Å². The molecular weight excluding hydrogens is 1940 g/mol. The predicted molar refractivity (Wildman–Crippen MR) is 535 cm³/mol. The molecule has 4 atom stereocenters. The topological polar surface area (TPSA) is 477 Å².